The van der Waals surface area contributed by atoms with Crippen molar-refractivity contribution in [1.29, 1.82) is 0 Å². The molecule has 0 aliphatic carbocycles. The molecule has 1 aromatic carbocycles. The van der Waals surface area contributed by atoms with E-state index in [-0.39, 0.29) is 30.5 Å². The van der Waals surface area contributed by atoms with Crippen molar-refractivity contribution in [3.63, 3.8) is 0 Å². The molecule has 0 saturated carbocycles. The normalized spacial score (nSPS) is 19.8. The van der Waals surface area contributed by atoms with Gasteiger partial charge in [-0.1, -0.05) is 6.07 Å². The van der Waals surface area contributed by atoms with Gasteiger partial charge in [-0.25, -0.2) is 23.0 Å². The van der Waals surface area contributed by atoms with Crippen LogP contribution in [0.4, 0.5) is 24.8 Å². The Kier molecular flexibility index (Phi) is 4.65. The Balaban J connectivity index is 1.80. The van der Waals surface area contributed by atoms with Crippen LogP contribution in [0.5, 0.6) is 0 Å². The SMILES string of the molecule is [C-]#[N+]c1ccc(Cn2c(N3CC[C@@H](F)[C@H](N)C3)nc3c(F)cc(F)cc32)nc1. The second-order valence-electron chi connectivity index (χ2n) is 6.79. The van der Waals surface area contributed by atoms with Crippen LogP contribution in [0.1, 0.15) is 12.1 Å². The monoisotopic (exact) mass is 386 g/mol. The predicted octanol–water partition coefficient (Wildman–Crippen LogP) is 3.18. The summed E-state index contributed by atoms with van der Waals surface area (Å²) in [4.78, 5) is 13.7. The minimum Gasteiger partial charge on any atom is -0.340 e. The number of anilines is 1. The maximum absolute atomic E-state index is 14.3. The fourth-order valence-electron chi connectivity index (χ4n) is 3.41. The van der Waals surface area contributed by atoms with Gasteiger partial charge in [-0.3, -0.25) is 4.98 Å². The lowest BCUT2D eigenvalue weighted by Crippen LogP contribution is -2.50. The van der Waals surface area contributed by atoms with Crippen molar-refractivity contribution in [2.45, 2.75) is 25.2 Å². The number of alkyl halides is 1. The summed E-state index contributed by atoms with van der Waals surface area (Å²) in [7, 11) is 0. The molecular weight excluding hydrogens is 369 g/mol. The van der Waals surface area contributed by atoms with E-state index in [1.54, 1.807) is 21.6 Å². The predicted molar refractivity (Wildman–Crippen MR) is 99.0 cm³/mol. The van der Waals surface area contributed by atoms with Crippen molar-refractivity contribution in [3.05, 3.63) is 59.2 Å². The molecule has 28 heavy (non-hydrogen) atoms. The minimum absolute atomic E-state index is 0.0325. The zero-order chi connectivity index (χ0) is 19.8. The lowest BCUT2D eigenvalue weighted by Gasteiger charge is -2.34. The Hall–Kier alpha value is -3.12. The van der Waals surface area contributed by atoms with E-state index in [9.17, 15) is 13.2 Å². The summed E-state index contributed by atoms with van der Waals surface area (Å²) >= 11 is 0. The summed E-state index contributed by atoms with van der Waals surface area (Å²) < 4.78 is 43.6. The smallest absolute Gasteiger partial charge is 0.207 e. The maximum atomic E-state index is 14.3. The summed E-state index contributed by atoms with van der Waals surface area (Å²) in [6, 6.07) is 4.62. The number of benzene rings is 1. The molecule has 0 radical (unpaired) electrons. The zero-order valence-electron chi connectivity index (χ0n) is 14.8. The van der Waals surface area contributed by atoms with Crippen LogP contribution in [-0.4, -0.2) is 39.8 Å². The number of hydrogen-bond acceptors (Lipinski definition) is 4. The van der Waals surface area contributed by atoms with Gasteiger partial charge in [0.1, 0.15) is 17.5 Å². The van der Waals surface area contributed by atoms with Crippen LogP contribution in [0.2, 0.25) is 0 Å². The third-order valence-electron chi connectivity index (χ3n) is 4.86. The van der Waals surface area contributed by atoms with E-state index in [1.807, 2.05) is 0 Å². The van der Waals surface area contributed by atoms with Gasteiger partial charge >= 0.3 is 0 Å². The molecular formula is C19H17F3N6. The van der Waals surface area contributed by atoms with E-state index >= 15 is 0 Å². The number of aromatic nitrogens is 3. The Morgan fingerprint density at radius 1 is 1.29 bits per heavy atom. The van der Waals surface area contributed by atoms with Crippen LogP contribution in [0.25, 0.3) is 15.9 Å². The van der Waals surface area contributed by atoms with Gasteiger partial charge in [0.15, 0.2) is 5.82 Å². The number of hydrogen-bond donors (Lipinski definition) is 1. The standard InChI is InChI=1S/C19H17F3N6/c1-24-12-2-3-13(25-8-12)9-28-17-7-11(20)6-15(22)18(17)26-19(28)27-5-4-14(21)16(23)10-27/h2-3,6-8,14,16H,4-5,9-10,23H2/t14-,16-/m1/s1. The molecule has 9 heteroatoms. The van der Waals surface area contributed by atoms with Gasteiger partial charge in [0.25, 0.3) is 0 Å². The maximum Gasteiger partial charge on any atom is 0.207 e. The second kappa shape index (κ2) is 7.13. The molecule has 1 aliphatic rings. The largest absolute Gasteiger partial charge is 0.340 e. The highest BCUT2D eigenvalue weighted by molar-refractivity contribution is 5.80. The van der Waals surface area contributed by atoms with Crippen LogP contribution in [-0.2, 0) is 6.54 Å². The summed E-state index contributed by atoms with van der Waals surface area (Å²) in [5.41, 5.74) is 7.17. The first-order chi connectivity index (χ1) is 13.5. The quantitative estimate of drug-likeness (QED) is 0.703. The number of pyridine rings is 1. The van der Waals surface area contributed by atoms with Crippen LogP contribution >= 0.6 is 0 Å². The first kappa shape index (κ1) is 18.3. The Bertz CT molecular complexity index is 1060. The fraction of sp³-hybridized carbons (Fsp3) is 0.316. The molecule has 0 unspecified atom stereocenters. The van der Waals surface area contributed by atoms with Crippen molar-refractivity contribution in [1.82, 2.24) is 14.5 Å². The van der Waals surface area contributed by atoms with E-state index in [0.29, 0.717) is 23.9 Å². The van der Waals surface area contributed by atoms with Gasteiger partial charge in [-0.15, -0.1) is 0 Å². The van der Waals surface area contributed by atoms with Crippen LogP contribution in [0.3, 0.4) is 0 Å². The van der Waals surface area contributed by atoms with Gasteiger partial charge in [0, 0.05) is 31.4 Å². The summed E-state index contributed by atoms with van der Waals surface area (Å²) in [5.74, 6) is -1.10. The molecule has 4 rings (SSSR count). The molecule has 1 aliphatic heterocycles. The third-order valence-corrected chi connectivity index (χ3v) is 4.86. The highest BCUT2D eigenvalue weighted by atomic mass is 19.1. The molecule has 3 aromatic rings. The second-order valence-corrected chi connectivity index (χ2v) is 6.79. The molecule has 1 saturated heterocycles. The van der Waals surface area contributed by atoms with Crippen molar-refractivity contribution in [2.24, 2.45) is 5.73 Å². The van der Waals surface area contributed by atoms with Gasteiger partial charge in [0.05, 0.1) is 30.4 Å². The highest BCUT2D eigenvalue weighted by Gasteiger charge is 2.30. The number of fused-ring (bicyclic) bond motifs is 1. The van der Waals surface area contributed by atoms with Gasteiger partial charge < -0.3 is 15.2 Å². The van der Waals surface area contributed by atoms with E-state index in [1.165, 1.54) is 12.3 Å². The number of rotatable bonds is 3. The lowest BCUT2D eigenvalue weighted by molar-refractivity contribution is 0.243. The summed E-state index contributed by atoms with van der Waals surface area (Å²) in [6.07, 6.45) is 0.567. The van der Waals surface area contributed by atoms with Crippen molar-refractivity contribution in [3.8, 4) is 0 Å². The topological polar surface area (TPSA) is 64.3 Å². The van der Waals surface area contributed by atoms with Crippen molar-refractivity contribution in [2.75, 3.05) is 18.0 Å². The Morgan fingerprint density at radius 3 is 2.79 bits per heavy atom. The van der Waals surface area contributed by atoms with Gasteiger partial charge in [0.2, 0.25) is 11.6 Å². The first-order valence-corrected chi connectivity index (χ1v) is 8.78. The number of imidazole rings is 1. The van der Waals surface area contributed by atoms with Crippen molar-refractivity contribution >= 4 is 22.7 Å². The molecule has 2 atom stereocenters. The van der Waals surface area contributed by atoms with Gasteiger partial charge in [-0.05, 0) is 12.5 Å². The van der Waals surface area contributed by atoms with Crippen LogP contribution in [0.15, 0.2) is 30.5 Å². The van der Waals surface area contributed by atoms with Crippen LogP contribution < -0.4 is 10.6 Å². The summed E-state index contributed by atoms with van der Waals surface area (Å²) in [5, 5.41) is 0. The molecule has 3 heterocycles. The average molecular weight is 386 g/mol. The number of halogens is 3. The first-order valence-electron chi connectivity index (χ1n) is 8.78. The minimum atomic E-state index is -1.11. The van der Waals surface area contributed by atoms with Crippen molar-refractivity contribution < 1.29 is 13.2 Å². The Labute approximate surface area is 159 Å². The number of piperidine rings is 1. The molecule has 1 fully saturated rings. The van der Waals surface area contributed by atoms with E-state index in [0.717, 1.165) is 6.07 Å². The van der Waals surface area contributed by atoms with E-state index in [2.05, 4.69) is 14.8 Å². The third kappa shape index (κ3) is 3.27. The molecule has 6 nitrogen and oxygen atoms in total. The molecule has 144 valence electrons. The Morgan fingerprint density at radius 2 is 2.11 bits per heavy atom. The molecule has 0 spiro atoms. The fourth-order valence-corrected chi connectivity index (χ4v) is 3.41. The van der Waals surface area contributed by atoms with Gasteiger partial charge in [-0.2, -0.15) is 0 Å². The number of nitrogens with zero attached hydrogens (tertiary/aromatic N) is 5. The van der Waals surface area contributed by atoms with Crippen LogP contribution in [0, 0.1) is 18.2 Å². The summed E-state index contributed by atoms with van der Waals surface area (Å²) in [6.45, 7) is 7.79. The average Bonchev–Trinajstić information content (AvgIpc) is 3.03. The molecule has 0 amide bonds. The molecule has 2 N–H and O–H groups in total. The molecule has 2 aromatic heterocycles. The van der Waals surface area contributed by atoms with E-state index < -0.39 is 23.8 Å². The lowest BCUT2D eigenvalue weighted by atomic mass is 10.1. The zero-order valence-corrected chi connectivity index (χ0v) is 14.8. The van der Waals surface area contributed by atoms with E-state index in [4.69, 9.17) is 12.3 Å². The molecule has 0 bridgehead atoms. The number of nitrogens with two attached hydrogens (primary N) is 1. The highest BCUT2D eigenvalue weighted by Crippen LogP contribution is 2.29.